The predicted octanol–water partition coefficient (Wildman–Crippen LogP) is 2.98. The first-order chi connectivity index (χ1) is 8.19. The van der Waals surface area contributed by atoms with E-state index in [-0.39, 0.29) is 11.1 Å². The number of nitrogens with one attached hydrogen (secondary N) is 1. The van der Waals surface area contributed by atoms with Gasteiger partial charge >= 0.3 is 6.08 Å². The maximum absolute atomic E-state index is 12.8. The van der Waals surface area contributed by atoms with Crippen LogP contribution in [0.25, 0.3) is 0 Å². The summed E-state index contributed by atoms with van der Waals surface area (Å²) in [5.74, 6) is -0.128. The van der Waals surface area contributed by atoms with E-state index >= 15 is 0 Å². The fourth-order valence-corrected chi connectivity index (χ4v) is 1.46. The molecule has 2 rings (SSSR count). The zero-order valence-corrected chi connectivity index (χ0v) is 9.79. The van der Waals surface area contributed by atoms with E-state index in [4.69, 9.17) is 20.8 Å². The molecule has 0 saturated heterocycles. The van der Waals surface area contributed by atoms with Crippen molar-refractivity contribution in [2.45, 2.75) is 6.54 Å². The van der Waals surface area contributed by atoms with Gasteiger partial charge in [0.15, 0.2) is 5.75 Å². The average Bonchev–Trinajstić information content (AvgIpc) is 2.71. The quantitative estimate of drug-likeness (QED) is 0.914. The van der Waals surface area contributed by atoms with Gasteiger partial charge in [-0.1, -0.05) is 11.6 Å². The molecule has 0 amide bonds. The third kappa shape index (κ3) is 2.95. The Morgan fingerprint density at radius 3 is 3.06 bits per heavy atom. The molecule has 2 aromatic rings. The van der Waals surface area contributed by atoms with Gasteiger partial charge in [-0.25, -0.2) is 4.39 Å². The molecule has 17 heavy (non-hydrogen) atoms. The smallest absolute Gasteiger partial charge is 0.399 e. The summed E-state index contributed by atoms with van der Waals surface area (Å²) in [5, 5.41) is 3.09. The number of nitrogens with zero attached hydrogens (tertiary/aromatic N) is 1. The minimum absolute atomic E-state index is 0.0729. The topological polar surface area (TPSA) is 47.3 Å². The Hall–Kier alpha value is -1.59. The first-order valence-corrected chi connectivity index (χ1v) is 5.29. The summed E-state index contributed by atoms with van der Waals surface area (Å²) >= 11 is 5.80. The molecular formula is C11H10ClFN2O2. The normalized spacial score (nSPS) is 10.5. The molecule has 0 aliphatic carbocycles. The van der Waals surface area contributed by atoms with E-state index in [9.17, 15) is 4.39 Å². The van der Waals surface area contributed by atoms with Crippen LogP contribution in [0.1, 0.15) is 5.69 Å². The van der Waals surface area contributed by atoms with Crippen LogP contribution in [0.15, 0.2) is 28.9 Å². The van der Waals surface area contributed by atoms with E-state index in [1.54, 1.807) is 7.05 Å². The molecule has 0 unspecified atom stereocenters. The molecule has 0 bridgehead atoms. The number of hydrogen-bond donors (Lipinski definition) is 1. The Labute approximate surface area is 102 Å². The van der Waals surface area contributed by atoms with E-state index in [1.165, 1.54) is 18.4 Å². The van der Waals surface area contributed by atoms with Crippen LogP contribution in [0.3, 0.4) is 0 Å². The van der Waals surface area contributed by atoms with Crippen LogP contribution in [0.4, 0.5) is 4.39 Å². The van der Waals surface area contributed by atoms with Gasteiger partial charge in [0.25, 0.3) is 0 Å². The number of oxazole rings is 1. The van der Waals surface area contributed by atoms with Gasteiger partial charge in [0.05, 0.1) is 10.7 Å². The number of rotatable bonds is 4. The molecule has 0 fully saturated rings. The fraction of sp³-hybridized carbons (Fsp3) is 0.182. The second-order valence-electron chi connectivity index (χ2n) is 3.31. The van der Waals surface area contributed by atoms with E-state index in [1.807, 2.05) is 0 Å². The van der Waals surface area contributed by atoms with Crippen molar-refractivity contribution in [2.24, 2.45) is 0 Å². The number of halogens is 2. The van der Waals surface area contributed by atoms with Gasteiger partial charge in [0, 0.05) is 6.54 Å². The largest absolute Gasteiger partial charge is 0.417 e. The van der Waals surface area contributed by atoms with Crippen molar-refractivity contribution in [2.75, 3.05) is 7.05 Å². The van der Waals surface area contributed by atoms with Crippen molar-refractivity contribution >= 4 is 11.6 Å². The lowest BCUT2D eigenvalue weighted by atomic mass is 10.3. The highest BCUT2D eigenvalue weighted by Gasteiger charge is 2.09. The predicted molar refractivity (Wildman–Crippen MR) is 60.8 cm³/mol. The zero-order chi connectivity index (χ0) is 12.3. The number of aromatic nitrogens is 1. The van der Waals surface area contributed by atoms with E-state index < -0.39 is 5.82 Å². The highest BCUT2D eigenvalue weighted by Crippen LogP contribution is 2.29. The van der Waals surface area contributed by atoms with Crippen molar-refractivity contribution in [3.05, 3.63) is 41.0 Å². The molecule has 0 aliphatic rings. The number of benzene rings is 1. The lowest BCUT2D eigenvalue weighted by Gasteiger charge is -2.02. The minimum Gasteiger partial charge on any atom is -0.417 e. The van der Waals surface area contributed by atoms with Crippen LogP contribution >= 0.6 is 11.6 Å². The molecule has 0 radical (unpaired) electrons. The fourth-order valence-electron chi connectivity index (χ4n) is 1.25. The van der Waals surface area contributed by atoms with Crippen LogP contribution in [0.2, 0.25) is 5.02 Å². The number of hydrogen-bond acceptors (Lipinski definition) is 4. The summed E-state index contributed by atoms with van der Waals surface area (Å²) in [6.07, 6.45) is 1.55. The lowest BCUT2D eigenvalue weighted by molar-refractivity contribution is 0.330. The molecule has 4 nitrogen and oxygen atoms in total. The summed E-state index contributed by atoms with van der Waals surface area (Å²) in [4.78, 5) is 4.06. The van der Waals surface area contributed by atoms with Gasteiger partial charge in [-0.2, -0.15) is 4.98 Å². The Morgan fingerprint density at radius 1 is 1.53 bits per heavy atom. The molecule has 0 spiro atoms. The Morgan fingerprint density at radius 2 is 2.35 bits per heavy atom. The van der Waals surface area contributed by atoms with Crippen molar-refractivity contribution in [1.82, 2.24) is 10.3 Å². The van der Waals surface area contributed by atoms with Gasteiger partial charge in [0.2, 0.25) is 0 Å². The van der Waals surface area contributed by atoms with Gasteiger partial charge in [-0.3, -0.25) is 0 Å². The third-order valence-corrected chi connectivity index (χ3v) is 2.28. The molecule has 1 aromatic carbocycles. The summed E-state index contributed by atoms with van der Waals surface area (Å²) < 4.78 is 23.2. The monoisotopic (exact) mass is 256 g/mol. The Balaban J connectivity index is 2.13. The lowest BCUT2D eigenvalue weighted by Crippen LogP contribution is -2.04. The molecule has 1 N–H and O–H groups in total. The van der Waals surface area contributed by atoms with Crippen LogP contribution in [0, 0.1) is 5.82 Å². The van der Waals surface area contributed by atoms with E-state index in [0.29, 0.717) is 18.0 Å². The average molecular weight is 257 g/mol. The second kappa shape index (κ2) is 5.16. The zero-order valence-electron chi connectivity index (χ0n) is 9.04. The summed E-state index contributed by atoms with van der Waals surface area (Å²) in [5.41, 5.74) is 0.709. The highest BCUT2D eigenvalue weighted by molar-refractivity contribution is 6.32. The molecule has 0 saturated carbocycles. The van der Waals surface area contributed by atoms with E-state index in [0.717, 1.165) is 6.07 Å². The molecule has 6 heteroatoms. The van der Waals surface area contributed by atoms with Crippen LogP contribution in [0.5, 0.6) is 11.8 Å². The Bertz CT molecular complexity index is 516. The van der Waals surface area contributed by atoms with Gasteiger partial charge in [0.1, 0.15) is 12.1 Å². The molecule has 0 atom stereocenters. The van der Waals surface area contributed by atoms with Crippen molar-refractivity contribution in [1.29, 1.82) is 0 Å². The molecule has 90 valence electrons. The van der Waals surface area contributed by atoms with Crippen LogP contribution in [-0.4, -0.2) is 12.0 Å². The van der Waals surface area contributed by atoms with Gasteiger partial charge in [-0.15, -0.1) is 0 Å². The summed E-state index contributed by atoms with van der Waals surface area (Å²) in [7, 11) is 1.80. The summed E-state index contributed by atoms with van der Waals surface area (Å²) in [6, 6.07) is 3.83. The molecular weight excluding hydrogens is 247 g/mol. The third-order valence-electron chi connectivity index (χ3n) is 1.98. The van der Waals surface area contributed by atoms with Crippen molar-refractivity contribution < 1.29 is 13.5 Å². The first kappa shape index (κ1) is 11.9. The standard InChI is InChI=1S/C11H10ClFN2O2/c1-14-5-8-6-16-11(15-8)17-10-3-2-7(13)4-9(10)12/h2-4,6,14H,5H2,1H3. The van der Waals surface area contributed by atoms with Gasteiger partial charge in [-0.05, 0) is 25.2 Å². The number of ether oxygens (including phenoxy) is 1. The minimum atomic E-state index is -0.425. The Kier molecular flexibility index (Phi) is 3.61. The SMILES string of the molecule is CNCc1coc(Oc2ccc(F)cc2Cl)n1. The molecule has 1 aromatic heterocycles. The maximum Gasteiger partial charge on any atom is 0.399 e. The van der Waals surface area contributed by atoms with Crippen LogP contribution < -0.4 is 10.1 Å². The second-order valence-corrected chi connectivity index (χ2v) is 3.72. The van der Waals surface area contributed by atoms with Crippen molar-refractivity contribution in [3.8, 4) is 11.8 Å². The first-order valence-electron chi connectivity index (χ1n) is 4.91. The summed E-state index contributed by atoms with van der Waals surface area (Å²) in [6.45, 7) is 0.573. The van der Waals surface area contributed by atoms with Gasteiger partial charge < -0.3 is 14.5 Å². The van der Waals surface area contributed by atoms with Crippen molar-refractivity contribution in [3.63, 3.8) is 0 Å². The highest BCUT2D eigenvalue weighted by atomic mass is 35.5. The van der Waals surface area contributed by atoms with E-state index in [2.05, 4.69) is 10.3 Å². The maximum atomic E-state index is 12.8. The molecule has 0 aliphatic heterocycles. The molecule has 1 heterocycles. The van der Waals surface area contributed by atoms with Crippen LogP contribution in [-0.2, 0) is 6.54 Å².